The number of aromatic nitrogens is 6. The summed E-state index contributed by atoms with van der Waals surface area (Å²) in [4.78, 5) is 46.4. The molecule has 13 heteroatoms. The number of aromatic amines is 1. The molecule has 3 aromatic heterocycles. The van der Waals surface area contributed by atoms with E-state index in [0.717, 1.165) is 0 Å². The lowest BCUT2D eigenvalue weighted by Crippen LogP contribution is -2.13. The number of para-hydroxylation sites is 1. The molecule has 196 valence electrons. The van der Waals surface area contributed by atoms with E-state index in [1.54, 1.807) is 60.7 Å². The summed E-state index contributed by atoms with van der Waals surface area (Å²) in [5.41, 5.74) is 0.931. The number of hydrogen-bond donors (Lipinski definition) is 2. The fraction of sp³-hybridized carbons (Fsp3) is 0.0741. The summed E-state index contributed by atoms with van der Waals surface area (Å²) < 4.78 is 2.48. The maximum absolute atomic E-state index is 13.5. The number of anilines is 1. The van der Waals surface area contributed by atoms with E-state index in [1.807, 2.05) is 6.07 Å². The van der Waals surface area contributed by atoms with Crippen molar-refractivity contribution in [3.05, 3.63) is 106 Å². The highest BCUT2D eigenvalue weighted by Gasteiger charge is 2.20. The van der Waals surface area contributed by atoms with Crippen molar-refractivity contribution in [1.82, 2.24) is 29.5 Å². The fourth-order valence-electron chi connectivity index (χ4n) is 3.86. The van der Waals surface area contributed by atoms with Crippen molar-refractivity contribution in [3.63, 3.8) is 0 Å². The second-order valence-electron chi connectivity index (χ2n) is 8.43. The molecule has 5 aromatic rings. The number of Topliss-reactive ketones (excluding diaryl/α,β-unsaturated/α-hetero) is 1. The molecule has 0 saturated carbocycles. The van der Waals surface area contributed by atoms with Gasteiger partial charge in [0.05, 0.1) is 24.0 Å². The number of nitrogens with zero attached hydrogens (tertiary/aromatic N) is 8. The summed E-state index contributed by atoms with van der Waals surface area (Å²) in [6, 6.07) is 18.9. The standard InChI is InChI=1S/C27H20N10O3/c1-17(38)32-20-8-5-7-18(13-20)23(39)14-22-24(26(40)36(35-22)21-9-3-2-4-10-21)33-34-25-19(15-28)16-31-37(25)27-29-11-6-12-30-27/h2-13,16,35H,14H2,1H3,(H,32,38). The van der Waals surface area contributed by atoms with Crippen molar-refractivity contribution in [1.29, 1.82) is 5.26 Å². The van der Waals surface area contributed by atoms with E-state index in [4.69, 9.17) is 0 Å². The minimum absolute atomic E-state index is 0.0147. The van der Waals surface area contributed by atoms with Crippen molar-refractivity contribution in [3.8, 4) is 17.7 Å². The van der Waals surface area contributed by atoms with Crippen LogP contribution in [0.3, 0.4) is 0 Å². The SMILES string of the molecule is CC(=O)Nc1cccc(C(=O)Cc2[nH]n(-c3ccccc3)c(=O)c2N=Nc2c(C#N)cnn2-c2ncccn2)c1. The summed E-state index contributed by atoms with van der Waals surface area (Å²) >= 11 is 0. The molecule has 0 atom stereocenters. The lowest BCUT2D eigenvalue weighted by molar-refractivity contribution is -0.114. The normalized spacial score (nSPS) is 10.9. The smallest absolute Gasteiger partial charge is 0.299 e. The molecule has 40 heavy (non-hydrogen) atoms. The first-order valence-corrected chi connectivity index (χ1v) is 11.9. The maximum atomic E-state index is 13.5. The number of H-pyrrole nitrogens is 1. The van der Waals surface area contributed by atoms with Crippen molar-refractivity contribution in [2.45, 2.75) is 13.3 Å². The number of nitrogens with one attached hydrogen (secondary N) is 2. The van der Waals surface area contributed by atoms with Crippen molar-refractivity contribution >= 4 is 28.9 Å². The Balaban J connectivity index is 1.56. The number of rotatable bonds is 8. The summed E-state index contributed by atoms with van der Waals surface area (Å²) in [6.07, 6.45) is 4.08. The number of hydrogen-bond acceptors (Lipinski definition) is 9. The van der Waals surface area contributed by atoms with Crippen LogP contribution in [0.5, 0.6) is 0 Å². The molecule has 2 N–H and O–H groups in total. The highest BCUT2D eigenvalue weighted by atomic mass is 16.1. The molecule has 0 radical (unpaired) electrons. The molecule has 5 rings (SSSR count). The second kappa shape index (κ2) is 11.2. The fourth-order valence-corrected chi connectivity index (χ4v) is 3.86. The number of azo groups is 1. The molecule has 3 heterocycles. The molecule has 0 aliphatic carbocycles. The molecular formula is C27H20N10O3. The number of nitriles is 1. The largest absolute Gasteiger partial charge is 0.326 e. The molecule has 0 spiro atoms. The van der Waals surface area contributed by atoms with E-state index >= 15 is 0 Å². The highest BCUT2D eigenvalue weighted by molar-refractivity contribution is 5.99. The molecule has 0 aliphatic rings. The zero-order chi connectivity index (χ0) is 28.1. The lowest BCUT2D eigenvalue weighted by atomic mass is 10.1. The first-order chi connectivity index (χ1) is 19.4. The maximum Gasteiger partial charge on any atom is 0.299 e. The summed E-state index contributed by atoms with van der Waals surface area (Å²) in [6.45, 7) is 1.37. The molecule has 1 amide bonds. The zero-order valence-electron chi connectivity index (χ0n) is 21.0. The monoisotopic (exact) mass is 532 g/mol. The van der Waals surface area contributed by atoms with E-state index in [1.165, 1.54) is 34.9 Å². The highest BCUT2D eigenvalue weighted by Crippen LogP contribution is 2.25. The minimum Gasteiger partial charge on any atom is -0.326 e. The number of ketones is 1. The third-order valence-electron chi connectivity index (χ3n) is 5.65. The molecule has 0 saturated heterocycles. The van der Waals surface area contributed by atoms with E-state index in [0.29, 0.717) is 16.9 Å². The van der Waals surface area contributed by atoms with Crippen LogP contribution < -0.4 is 10.9 Å². The van der Waals surface area contributed by atoms with Crippen molar-refractivity contribution in [2.24, 2.45) is 10.2 Å². The average Bonchev–Trinajstić information content (AvgIpc) is 3.52. The van der Waals surface area contributed by atoms with Crippen LogP contribution in [0, 0.1) is 11.3 Å². The van der Waals surface area contributed by atoms with Crippen molar-refractivity contribution in [2.75, 3.05) is 5.32 Å². The van der Waals surface area contributed by atoms with Crippen LogP contribution in [0.15, 0.2) is 94.3 Å². The second-order valence-corrected chi connectivity index (χ2v) is 8.43. The number of amides is 1. The molecule has 2 aromatic carbocycles. The Morgan fingerprint density at radius 2 is 1.82 bits per heavy atom. The van der Waals surface area contributed by atoms with Crippen LogP contribution in [0.4, 0.5) is 17.2 Å². The Kier molecular flexibility index (Phi) is 7.14. The summed E-state index contributed by atoms with van der Waals surface area (Å²) in [7, 11) is 0. The van der Waals surface area contributed by atoms with Gasteiger partial charge < -0.3 is 5.32 Å². The minimum atomic E-state index is -0.551. The predicted octanol–water partition coefficient (Wildman–Crippen LogP) is 3.81. The Morgan fingerprint density at radius 3 is 2.55 bits per heavy atom. The average molecular weight is 533 g/mol. The van der Waals surface area contributed by atoms with E-state index in [-0.39, 0.29) is 46.8 Å². The van der Waals surface area contributed by atoms with E-state index < -0.39 is 5.56 Å². The van der Waals surface area contributed by atoms with E-state index in [9.17, 15) is 19.6 Å². The topological polar surface area (TPSA) is 176 Å². The quantitative estimate of drug-likeness (QED) is 0.225. The van der Waals surface area contributed by atoms with Crippen LogP contribution in [0.25, 0.3) is 11.6 Å². The van der Waals surface area contributed by atoms with Crippen LogP contribution in [0.1, 0.15) is 28.5 Å². The van der Waals surface area contributed by atoms with Gasteiger partial charge in [-0.1, -0.05) is 30.3 Å². The van der Waals surface area contributed by atoms with Crippen LogP contribution in [-0.4, -0.2) is 41.2 Å². The first kappa shape index (κ1) is 25.6. The lowest BCUT2D eigenvalue weighted by Gasteiger charge is -2.05. The third kappa shape index (κ3) is 5.31. The van der Waals surface area contributed by atoms with Gasteiger partial charge in [0.2, 0.25) is 5.91 Å². The third-order valence-corrected chi connectivity index (χ3v) is 5.65. The molecular weight excluding hydrogens is 512 g/mol. The van der Waals surface area contributed by atoms with Gasteiger partial charge >= 0.3 is 0 Å². The number of carbonyl (C=O) groups is 2. The molecule has 0 aliphatic heterocycles. The van der Waals surface area contributed by atoms with E-state index in [2.05, 4.69) is 35.7 Å². The molecule has 0 fully saturated rings. The number of benzene rings is 2. The van der Waals surface area contributed by atoms with Gasteiger partial charge in [-0.3, -0.25) is 19.5 Å². The van der Waals surface area contributed by atoms with Gasteiger partial charge in [-0.25, -0.2) is 14.6 Å². The van der Waals surface area contributed by atoms with Crippen LogP contribution in [0.2, 0.25) is 0 Å². The Labute approximate surface area is 226 Å². The Hall–Kier alpha value is -6.03. The van der Waals surface area contributed by atoms with Crippen LogP contribution in [-0.2, 0) is 11.2 Å². The molecule has 0 unspecified atom stereocenters. The van der Waals surface area contributed by atoms with Gasteiger partial charge in [-0.05, 0) is 30.3 Å². The van der Waals surface area contributed by atoms with Crippen molar-refractivity contribution < 1.29 is 9.59 Å². The first-order valence-electron chi connectivity index (χ1n) is 11.9. The summed E-state index contributed by atoms with van der Waals surface area (Å²) in [5, 5.41) is 27.7. The van der Waals surface area contributed by atoms with Gasteiger partial charge in [0.25, 0.3) is 11.5 Å². The van der Waals surface area contributed by atoms with Gasteiger partial charge in [0.1, 0.15) is 11.6 Å². The Morgan fingerprint density at radius 1 is 1.05 bits per heavy atom. The molecule has 13 nitrogen and oxygen atoms in total. The summed E-state index contributed by atoms with van der Waals surface area (Å²) in [5.74, 6) is -0.428. The van der Waals surface area contributed by atoms with Gasteiger partial charge in [0.15, 0.2) is 17.3 Å². The van der Waals surface area contributed by atoms with Crippen LogP contribution >= 0.6 is 0 Å². The van der Waals surface area contributed by atoms with Gasteiger partial charge in [-0.15, -0.1) is 10.2 Å². The number of carbonyl (C=O) groups excluding carboxylic acids is 2. The zero-order valence-corrected chi connectivity index (χ0v) is 21.0. The predicted molar refractivity (Wildman–Crippen MR) is 143 cm³/mol. The van der Waals surface area contributed by atoms with Gasteiger partial charge in [-0.2, -0.15) is 15.0 Å². The molecule has 0 bridgehead atoms. The van der Waals surface area contributed by atoms with Gasteiger partial charge in [0, 0.05) is 30.6 Å². The Bertz CT molecular complexity index is 1830.